The number of aromatic hydroxyl groups is 1. The first-order valence-corrected chi connectivity index (χ1v) is 6.82. The van der Waals surface area contributed by atoms with Gasteiger partial charge in [0.25, 0.3) is 0 Å². The molecule has 3 nitrogen and oxygen atoms in total. The molecule has 2 aromatic carbocycles. The molecule has 1 N–H and O–H groups in total. The van der Waals surface area contributed by atoms with Crippen LogP contribution in [0, 0.1) is 0 Å². The second-order valence-corrected chi connectivity index (χ2v) is 5.02. The van der Waals surface area contributed by atoms with Gasteiger partial charge in [-0.25, -0.2) is 4.79 Å². The Balaban J connectivity index is 2.19. The molecule has 104 valence electrons. The zero-order valence-electron chi connectivity index (χ0n) is 11.0. The molecule has 3 rings (SSSR count). The van der Waals surface area contributed by atoms with Crippen LogP contribution in [0.1, 0.15) is 0 Å². The predicted octanol–water partition coefficient (Wildman–Crippen LogP) is 3.97. The summed E-state index contributed by atoms with van der Waals surface area (Å²) < 4.78 is 5.34. The van der Waals surface area contributed by atoms with Crippen molar-refractivity contribution < 1.29 is 9.52 Å². The van der Waals surface area contributed by atoms with Crippen LogP contribution in [0.2, 0.25) is 0 Å². The summed E-state index contributed by atoms with van der Waals surface area (Å²) in [4.78, 5) is 12.8. The molecule has 0 aliphatic heterocycles. The molecule has 1 heterocycles. The van der Waals surface area contributed by atoms with Crippen LogP contribution in [0.4, 0.5) is 0 Å². The van der Waals surface area contributed by atoms with E-state index in [0.717, 1.165) is 5.56 Å². The number of benzene rings is 2. The summed E-state index contributed by atoms with van der Waals surface area (Å²) in [6.07, 6.45) is 0. The predicted molar refractivity (Wildman–Crippen MR) is 84.8 cm³/mol. The van der Waals surface area contributed by atoms with E-state index >= 15 is 0 Å². The lowest BCUT2D eigenvalue weighted by atomic mass is 10.1. The van der Waals surface area contributed by atoms with E-state index < -0.39 is 5.63 Å². The van der Waals surface area contributed by atoms with Crippen molar-refractivity contribution in [2.24, 2.45) is 0 Å². The SMILES string of the molecule is O=c1oc(-c2ccccc2)cc(O)c1-c1ccccc1S. The Morgan fingerprint density at radius 2 is 1.62 bits per heavy atom. The molecule has 21 heavy (non-hydrogen) atoms. The summed E-state index contributed by atoms with van der Waals surface area (Å²) in [5.74, 6) is 0.213. The first-order valence-electron chi connectivity index (χ1n) is 6.37. The summed E-state index contributed by atoms with van der Waals surface area (Å²) in [6.45, 7) is 0. The average Bonchev–Trinajstić information content (AvgIpc) is 2.49. The summed E-state index contributed by atoms with van der Waals surface area (Å²) >= 11 is 4.31. The molecule has 0 bridgehead atoms. The highest BCUT2D eigenvalue weighted by atomic mass is 32.1. The van der Waals surface area contributed by atoms with Gasteiger partial charge in [-0.3, -0.25) is 0 Å². The third-order valence-corrected chi connectivity index (χ3v) is 3.55. The second-order valence-electron chi connectivity index (χ2n) is 4.54. The van der Waals surface area contributed by atoms with Gasteiger partial charge in [0, 0.05) is 22.1 Å². The number of hydrogen-bond acceptors (Lipinski definition) is 4. The zero-order valence-corrected chi connectivity index (χ0v) is 11.9. The Hall–Kier alpha value is -2.46. The maximum atomic E-state index is 12.2. The van der Waals surface area contributed by atoms with Crippen molar-refractivity contribution in [3.8, 4) is 28.2 Å². The third kappa shape index (κ3) is 2.58. The van der Waals surface area contributed by atoms with Crippen molar-refractivity contribution in [1.82, 2.24) is 0 Å². The van der Waals surface area contributed by atoms with Gasteiger partial charge in [-0.05, 0) is 6.07 Å². The van der Waals surface area contributed by atoms with Gasteiger partial charge in [0.05, 0.1) is 0 Å². The van der Waals surface area contributed by atoms with E-state index in [1.54, 1.807) is 18.2 Å². The molecule has 0 amide bonds. The van der Waals surface area contributed by atoms with Crippen LogP contribution in [-0.4, -0.2) is 5.11 Å². The lowest BCUT2D eigenvalue weighted by molar-refractivity contribution is 0.456. The van der Waals surface area contributed by atoms with Crippen molar-refractivity contribution in [2.45, 2.75) is 4.90 Å². The summed E-state index contributed by atoms with van der Waals surface area (Å²) in [5, 5.41) is 10.2. The highest BCUT2D eigenvalue weighted by Crippen LogP contribution is 2.33. The Morgan fingerprint density at radius 1 is 0.952 bits per heavy atom. The number of thiol groups is 1. The largest absolute Gasteiger partial charge is 0.507 e. The minimum absolute atomic E-state index is 0.119. The van der Waals surface area contributed by atoms with Gasteiger partial charge in [0.2, 0.25) is 0 Å². The van der Waals surface area contributed by atoms with Gasteiger partial charge in [0.1, 0.15) is 17.1 Å². The van der Waals surface area contributed by atoms with Gasteiger partial charge in [-0.2, -0.15) is 0 Å². The lowest BCUT2D eigenvalue weighted by Gasteiger charge is -2.07. The van der Waals surface area contributed by atoms with Gasteiger partial charge in [-0.1, -0.05) is 48.5 Å². The average molecular weight is 296 g/mol. The Labute approximate surface area is 126 Å². The molecule has 0 saturated heterocycles. The lowest BCUT2D eigenvalue weighted by Crippen LogP contribution is -2.04. The van der Waals surface area contributed by atoms with E-state index in [2.05, 4.69) is 12.6 Å². The molecular weight excluding hydrogens is 284 g/mol. The quantitative estimate of drug-likeness (QED) is 0.704. The molecule has 0 aliphatic carbocycles. The molecule has 4 heteroatoms. The van der Waals surface area contributed by atoms with E-state index in [0.29, 0.717) is 16.2 Å². The Kier molecular flexibility index (Phi) is 3.54. The van der Waals surface area contributed by atoms with Crippen LogP contribution in [0.15, 0.2) is 74.8 Å². The van der Waals surface area contributed by atoms with Gasteiger partial charge < -0.3 is 9.52 Å². The minimum Gasteiger partial charge on any atom is -0.507 e. The van der Waals surface area contributed by atoms with Gasteiger partial charge in [-0.15, -0.1) is 12.6 Å². The molecule has 0 spiro atoms. The van der Waals surface area contributed by atoms with Crippen LogP contribution in [0.5, 0.6) is 5.75 Å². The number of hydrogen-bond donors (Lipinski definition) is 2. The molecule has 0 aliphatic rings. The maximum Gasteiger partial charge on any atom is 0.348 e. The van der Waals surface area contributed by atoms with E-state index in [9.17, 15) is 9.90 Å². The second kappa shape index (κ2) is 5.50. The van der Waals surface area contributed by atoms with Crippen molar-refractivity contribution >= 4 is 12.6 Å². The van der Waals surface area contributed by atoms with Crippen molar-refractivity contribution in [3.05, 3.63) is 71.1 Å². The molecule has 0 radical (unpaired) electrons. The summed E-state index contributed by atoms with van der Waals surface area (Å²) in [5.41, 5.74) is 0.818. The maximum absolute atomic E-state index is 12.2. The first-order chi connectivity index (χ1) is 10.2. The van der Waals surface area contributed by atoms with Crippen molar-refractivity contribution in [2.75, 3.05) is 0 Å². The topological polar surface area (TPSA) is 50.4 Å². The van der Waals surface area contributed by atoms with Crippen LogP contribution >= 0.6 is 12.6 Å². The fourth-order valence-electron chi connectivity index (χ4n) is 2.16. The Morgan fingerprint density at radius 3 is 2.29 bits per heavy atom. The third-order valence-electron chi connectivity index (χ3n) is 3.16. The Bertz CT molecular complexity index is 838. The van der Waals surface area contributed by atoms with Crippen molar-refractivity contribution in [1.29, 1.82) is 0 Å². The van der Waals surface area contributed by atoms with E-state index in [4.69, 9.17) is 4.42 Å². The monoisotopic (exact) mass is 296 g/mol. The summed E-state index contributed by atoms with van der Waals surface area (Å²) in [6, 6.07) is 17.7. The smallest absolute Gasteiger partial charge is 0.348 e. The van der Waals surface area contributed by atoms with E-state index in [1.165, 1.54) is 6.07 Å². The molecular formula is C17H12O3S. The van der Waals surface area contributed by atoms with Crippen LogP contribution < -0.4 is 5.63 Å². The number of rotatable bonds is 2. The van der Waals surface area contributed by atoms with E-state index in [1.807, 2.05) is 36.4 Å². The van der Waals surface area contributed by atoms with Crippen molar-refractivity contribution in [3.63, 3.8) is 0 Å². The molecule has 0 unspecified atom stereocenters. The van der Waals surface area contributed by atoms with Gasteiger partial charge in [0.15, 0.2) is 0 Å². The van der Waals surface area contributed by atoms with E-state index in [-0.39, 0.29) is 11.3 Å². The molecule has 0 atom stereocenters. The molecule has 0 fully saturated rings. The highest BCUT2D eigenvalue weighted by Gasteiger charge is 2.15. The van der Waals surface area contributed by atoms with Crippen LogP contribution in [0.3, 0.4) is 0 Å². The molecule has 3 aromatic rings. The standard InChI is InChI=1S/C17H12O3S/c18-13-10-14(11-6-2-1-3-7-11)20-17(19)16(13)12-8-4-5-9-15(12)21/h1-10,18,21H. The fraction of sp³-hybridized carbons (Fsp3) is 0. The normalized spacial score (nSPS) is 10.5. The van der Waals surface area contributed by atoms with Crippen LogP contribution in [-0.2, 0) is 0 Å². The molecule has 1 aromatic heterocycles. The fourth-order valence-corrected chi connectivity index (χ4v) is 2.43. The molecule has 0 saturated carbocycles. The van der Waals surface area contributed by atoms with Gasteiger partial charge >= 0.3 is 5.63 Å². The van der Waals surface area contributed by atoms with Crippen LogP contribution in [0.25, 0.3) is 22.5 Å². The zero-order chi connectivity index (χ0) is 14.8. The summed E-state index contributed by atoms with van der Waals surface area (Å²) in [7, 11) is 0. The first kappa shape index (κ1) is 13.5. The highest BCUT2D eigenvalue weighted by molar-refractivity contribution is 7.80. The minimum atomic E-state index is -0.588.